The molecule has 39 heavy (non-hydrogen) atoms. The van der Waals surface area contributed by atoms with Crippen LogP contribution < -0.4 is 14.9 Å². The number of halogens is 1. The fourth-order valence-electron chi connectivity index (χ4n) is 5.11. The molecule has 1 atom stereocenters. The summed E-state index contributed by atoms with van der Waals surface area (Å²) in [5.74, 6) is -1.48. The van der Waals surface area contributed by atoms with Crippen molar-refractivity contribution in [3.8, 4) is 5.75 Å². The van der Waals surface area contributed by atoms with E-state index in [-0.39, 0.29) is 10.1 Å². The molecule has 1 aliphatic heterocycles. The normalized spacial score (nSPS) is 16.2. The van der Waals surface area contributed by atoms with Crippen LogP contribution in [0.15, 0.2) is 76.0 Å². The molecule has 1 N–H and O–H groups in total. The molecule has 2 aliphatic rings. The molecule has 0 fully saturated rings. The number of aromatic hydroxyl groups is 1. The first-order valence-corrected chi connectivity index (χ1v) is 12.6. The molecule has 1 aromatic heterocycles. The number of allylic oxidation sites excluding steroid dienone is 1. The number of benzene rings is 3. The van der Waals surface area contributed by atoms with Crippen LogP contribution in [0.2, 0.25) is 0 Å². The molecule has 1 aliphatic carbocycles. The minimum absolute atomic E-state index is 0.00361. The number of aromatic nitrogens is 1. The maximum Gasteiger partial charge on any atom is 0.318 e. The second kappa shape index (κ2) is 9.10. The molecule has 12 heteroatoms. The Hall–Kier alpha value is -4.97. The van der Waals surface area contributed by atoms with E-state index in [1.165, 1.54) is 22.8 Å². The summed E-state index contributed by atoms with van der Waals surface area (Å²) in [6.07, 6.45) is 2.69. The summed E-state index contributed by atoms with van der Waals surface area (Å²) in [5, 5.41) is 32.8. The molecule has 0 radical (unpaired) electrons. The maximum atomic E-state index is 13.8. The van der Waals surface area contributed by atoms with Gasteiger partial charge in [-0.3, -0.25) is 29.6 Å². The number of rotatable bonds is 4. The van der Waals surface area contributed by atoms with Crippen LogP contribution in [-0.2, 0) is 6.42 Å². The number of nitro benzene ring substituents is 2. The van der Waals surface area contributed by atoms with Crippen LogP contribution >= 0.6 is 11.3 Å². The number of nitrogens with zero attached hydrogens (tertiary/aromatic N) is 4. The molecule has 0 spiro atoms. The fraction of sp³-hybridized carbons (Fsp3) is 0.111. The highest BCUT2D eigenvalue weighted by atomic mass is 32.1. The summed E-state index contributed by atoms with van der Waals surface area (Å²) >= 11 is 1.04. The van der Waals surface area contributed by atoms with Crippen LogP contribution in [0.25, 0.3) is 11.8 Å². The summed E-state index contributed by atoms with van der Waals surface area (Å²) in [4.78, 5) is 39.9. The molecule has 6 rings (SSSR count). The first-order valence-electron chi connectivity index (χ1n) is 11.8. The van der Waals surface area contributed by atoms with Crippen molar-refractivity contribution >= 4 is 34.5 Å². The quantitative estimate of drug-likeness (QED) is 0.304. The molecule has 1 unspecified atom stereocenters. The van der Waals surface area contributed by atoms with Crippen molar-refractivity contribution in [2.75, 3.05) is 0 Å². The number of phenols is 1. The third kappa shape index (κ3) is 4.01. The van der Waals surface area contributed by atoms with Crippen molar-refractivity contribution in [1.29, 1.82) is 0 Å². The third-order valence-corrected chi connectivity index (χ3v) is 7.82. The van der Waals surface area contributed by atoms with Crippen molar-refractivity contribution < 1.29 is 19.3 Å². The van der Waals surface area contributed by atoms with Gasteiger partial charge >= 0.3 is 11.4 Å². The number of hydrogen-bond acceptors (Lipinski definition) is 8. The molecule has 194 valence electrons. The van der Waals surface area contributed by atoms with Gasteiger partial charge in [0.1, 0.15) is 5.82 Å². The van der Waals surface area contributed by atoms with E-state index in [2.05, 4.69) is 0 Å². The predicted molar refractivity (Wildman–Crippen MR) is 141 cm³/mol. The van der Waals surface area contributed by atoms with Gasteiger partial charge in [-0.25, -0.2) is 9.38 Å². The van der Waals surface area contributed by atoms with Gasteiger partial charge in [-0.15, -0.1) is 0 Å². The molecular formula is C27H17FN4O6S. The fourth-order valence-corrected chi connectivity index (χ4v) is 6.11. The van der Waals surface area contributed by atoms with E-state index >= 15 is 0 Å². The zero-order valence-corrected chi connectivity index (χ0v) is 20.7. The average Bonchev–Trinajstić information content (AvgIpc) is 3.22. The standard InChI is InChI=1S/C27H17FN4O6S/c28-17-8-5-16(6-9-17)24-19-10-7-15-3-1-2-4-18(15)23(19)29-27-30(24)26(34)22(39-27)13-14-11-20(31(35)36)25(33)21(12-14)32(37)38/h1-6,8-9,11-13,24,33H,7,10H2/b22-13+. The highest BCUT2D eigenvalue weighted by Gasteiger charge is 2.33. The molecule has 0 saturated carbocycles. The van der Waals surface area contributed by atoms with Gasteiger partial charge in [0.15, 0.2) is 4.80 Å². The number of thiazole rings is 1. The molecule has 3 aromatic carbocycles. The molecule has 0 bridgehead atoms. The summed E-state index contributed by atoms with van der Waals surface area (Å²) in [5.41, 5.74) is 2.29. The number of hydrogen-bond donors (Lipinski definition) is 1. The number of nitro groups is 2. The van der Waals surface area contributed by atoms with E-state index in [1.807, 2.05) is 24.3 Å². The lowest BCUT2D eigenvalue weighted by Crippen LogP contribution is -2.38. The largest absolute Gasteiger partial charge is 0.497 e. The Morgan fingerprint density at radius 3 is 2.36 bits per heavy atom. The Morgan fingerprint density at radius 1 is 1.03 bits per heavy atom. The van der Waals surface area contributed by atoms with Crippen molar-refractivity contribution in [3.05, 3.63) is 134 Å². The topological polar surface area (TPSA) is 141 Å². The lowest BCUT2D eigenvalue weighted by molar-refractivity contribution is -0.396. The van der Waals surface area contributed by atoms with Crippen molar-refractivity contribution in [1.82, 2.24) is 4.57 Å². The highest BCUT2D eigenvalue weighted by molar-refractivity contribution is 7.07. The van der Waals surface area contributed by atoms with Gasteiger partial charge < -0.3 is 5.11 Å². The number of phenolic OH excluding ortho intramolecular Hbond substituents is 1. The third-order valence-electron chi connectivity index (χ3n) is 6.84. The van der Waals surface area contributed by atoms with Crippen LogP contribution in [-0.4, -0.2) is 19.5 Å². The van der Waals surface area contributed by atoms with Gasteiger partial charge in [0.2, 0.25) is 0 Å². The molecule has 2 heterocycles. The Morgan fingerprint density at radius 2 is 1.69 bits per heavy atom. The zero-order valence-electron chi connectivity index (χ0n) is 19.9. The molecular weight excluding hydrogens is 527 g/mol. The van der Waals surface area contributed by atoms with Crippen molar-refractivity contribution in [2.45, 2.75) is 18.9 Å². The first-order chi connectivity index (χ1) is 18.7. The average molecular weight is 545 g/mol. The number of aryl methyl sites for hydroxylation is 1. The minimum Gasteiger partial charge on any atom is -0.497 e. The van der Waals surface area contributed by atoms with E-state index in [0.717, 1.165) is 52.3 Å². The van der Waals surface area contributed by atoms with Crippen LogP contribution in [0.4, 0.5) is 15.8 Å². The summed E-state index contributed by atoms with van der Waals surface area (Å²) in [6.45, 7) is 0. The monoisotopic (exact) mass is 544 g/mol. The minimum atomic E-state index is -1.06. The van der Waals surface area contributed by atoms with E-state index in [4.69, 9.17) is 4.99 Å². The van der Waals surface area contributed by atoms with E-state index in [1.54, 1.807) is 12.1 Å². The van der Waals surface area contributed by atoms with Gasteiger partial charge in [0, 0.05) is 17.7 Å². The Labute approximate surface area is 222 Å². The second-order valence-electron chi connectivity index (χ2n) is 9.09. The molecule has 4 aromatic rings. The van der Waals surface area contributed by atoms with E-state index in [0.29, 0.717) is 16.8 Å². The summed E-state index contributed by atoms with van der Waals surface area (Å²) in [6, 6.07) is 15.2. The van der Waals surface area contributed by atoms with Gasteiger partial charge in [-0.2, -0.15) is 0 Å². The van der Waals surface area contributed by atoms with Gasteiger partial charge in [-0.05, 0) is 53.3 Å². The lowest BCUT2D eigenvalue weighted by Gasteiger charge is -2.30. The van der Waals surface area contributed by atoms with Gasteiger partial charge in [0.05, 0.1) is 26.1 Å². The van der Waals surface area contributed by atoms with E-state index < -0.39 is 44.4 Å². The van der Waals surface area contributed by atoms with Crippen molar-refractivity contribution in [3.63, 3.8) is 0 Å². The predicted octanol–water partition coefficient (Wildman–Crippen LogP) is 3.98. The SMILES string of the molecule is O=c1/c(=C\c2cc([N+](=O)[O-])c(O)c([N+](=O)[O-])c2)sc2n1C(c1ccc(F)cc1)C1=C(N=2)c2ccccc2CC1. The Balaban J connectivity index is 1.61. The first kappa shape index (κ1) is 24.4. The summed E-state index contributed by atoms with van der Waals surface area (Å²) < 4.78 is 15.5. The summed E-state index contributed by atoms with van der Waals surface area (Å²) in [7, 11) is 0. The number of fused-ring (bicyclic) bond motifs is 3. The van der Waals surface area contributed by atoms with Crippen LogP contribution in [0.5, 0.6) is 5.75 Å². The zero-order chi connectivity index (χ0) is 27.4. The molecule has 0 amide bonds. The molecule has 10 nitrogen and oxygen atoms in total. The molecule has 0 saturated heterocycles. The van der Waals surface area contributed by atoms with Crippen LogP contribution in [0.3, 0.4) is 0 Å². The van der Waals surface area contributed by atoms with E-state index in [9.17, 15) is 34.5 Å². The Bertz CT molecular complexity index is 1890. The smallest absolute Gasteiger partial charge is 0.318 e. The maximum absolute atomic E-state index is 13.8. The second-order valence-corrected chi connectivity index (χ2v) is 10.1. The van der Waals surface area contributed by atoms with Crippen molar-refractivity contribution in [2.24, 2.45) is 4.99 Å². The Kier molecular flexibility index (Phi) is 5.69. The lowest BCUT2D eigenvalue weighted by atomic mass is 9.83. The highest BCUT2D eigenvalue weighted by Crippen LogP contribution is 2.41. The van der Waals surface area contributed by atoms with Gasteiger partial charge in [0.25, 0.3) is 11.3 Å². The van der Waals surface area contributed by atoms with Gasteiger partial charge in [-0.1, -0.05) is 47.7 Å². The van der Waals surface area contributed by atoms with Crippen LogP contribution in [0, 0.1) is 26.0 Å². The van der Waals surface area contributed by atoms with Crippen LogP contribution in [0.1, 0.15) is 34.7 Å².